The summed E-state index contributed by atoms with van der Waals surface area (Å²) < 4.78 is 4.59. The van der Waals surface area contributed by atoms with Crippen molar-refractivity contribution in [2.75, 3.05) is 0 Å². The Bertz CT molecular complexity index is 237. The van der Waals surface area contributed by atoms with Crippen LogP contribution in [0.25, 0.3) is 0 Å². The van der Waals surface area contributed by atoms with Gasteiger partial charge >= 0.3 is 0 Å². The Labute approximate surface area is 90.2 Å². The smallest absolute Gasteiger partial charge is 0.284 e. The molecule has 0 radical (unpaired) electrons. The predicted octanol–water partition coefficient (Wildman–Crippen LogP) is 1.34. The molecule has 1 aliphatic heterocycles. The number of epoxide rings is 1. The molecular formula is C11H20O4. The molecule has 1 saturated heterocycles. The second-order valence-corrected chi connectivity index (χ2v) is 4.32. The highest BCUT2D eigenvalue weighted by Crippen LogP contribution is 2.44. The maximum absolute atomic E-state index is 11.4. The molecule has 0 aromatic heterocycles. The van der Waals surface area contributed by atoms with E-state index in [1.807, 2.05) is 0 Å². The highest BCUT2D eigenvalue weighted by Gasteiger charge is 2.71. The van der Waals surface area contributed by atoms with Crippen molar-refractivity contribution in [1.29, 1.82) is 0 Å². The third-order valence-corrected chi connectivity index (χ3v) is 2.82. The molecule has 1 aliphatic rings. The standard InChI is InChI=1S/C11H20O4/c1-3-4-5-6-7-8-9(12)11(14)10(2,13)15-11/h13-14H,3-8H2,1-2H3. The van der Waals surface area contributed by atoms with Gasteiger partial charge in [-0.3, -0.25) is 4.79 Å². The molecule has 4 nitrogen and oxygen atoms in total. The van der Waals surface area contributed by atoms with Gasteiger partial charge in [-0.05, 0) is 13.3 Å². The van der Waals surface area contributed by atoms with Crippen LogP contribution in [0, 0.1) is 0 Å². The molecule has 2 atom stereocenters. The Kier molecular flexibility index (Phi) is 3.87. The van der Waals surface area contributed by atoms with Crippen LogP contribution in [0.2, 0.25) is 0 Å². The van der Waals surface area contributed by atoms with Crippen LogP contribution in [0.1, 0.15) is 52.4 Å². The van der Waals surface area contributed by atoms with Crippen molar-refractivity contribution in [3.63, 3.8) is 0 Å². The molecule has 0 aliphatic carbocycles. The molecule has 88 valence electrons. The van der Waals surface area contributed by atoms with Gasteiger partial charge in [-0.2, -0.15) is 0 Å². The normalized spacial score (nSPS) is 34.1. The van der Waals surface area contributed by atoms with E-state index in [1.54, 1.807) is 0 Å². The van der Waals surface area contributed by atoms with Gasteiger partial charge in [-0.25, -0.2) is 0 Å². The topological polar surface area (TPSA) is 70.1 Å². The highest BCUT2D eigenvalue weighted by atomic mass is 16.8. The summed E-state index contributed by atoms with van der Waals surface area (Å²) in [5.74, 6) is -4.02. The molecule has 1 fully saturated rings. The van der Waals surface area contributed by atoms with Crippen molar-refractivity contribution in [1.82, 2.24) is 0 Å². The van der Waals surface area contributed by atoms with Gasteiger partial charge in [0.1, 0.15) is 0 Å². The third-order valence-electron chi connectivity index (χ3n) is 2.82. The molecule has 1 heterocycles. The lowest BCUT2D eigenvalue weighted by molar-refractivity contribution is -0.137. The minimum atomic E-state index is -1.93. The van der Waals surface area contributed by atoms with Gasteiger partial charge in [0.25, 0.3) is 5.79 Å². The molecule has 0 bridgehead atoms. The molecule has 0 spiro atoms. The Balaban J connectivity index is 2.15. The zero-order chi connectivity index (χ0) is 11.5. The summed E-state index contributed by atoms with van der Waals surface area (Å²) >= 11 is 0. The fourth-order valence-corrected chi connectivity index (χ4v) is 1.64. The predicted molar refractivity (Wildman–Crippen MR) is 55.0 cm³/mol. The van der Waals surface area contributed by atoms with Crippen LogP contribution in [0.3, 0.4) is 0 Å². The fraction of sp³-hybridized carbons (Fsp3) is 0.909. The first-order valence-electron chi connectivity index (χ1n) is 5.62. The summed E-state index contributed by atoms with van der Waals surface area (Å²) in [6, 6.07) is 0. The van der Waals surface area contributed by atoms with E-state index >= 15 is 0 Å². The second kappa shape index (κ2) is 4.60. The first-order chi connectivity index (χ1) is 6.94. The number of carbonyl (C=O) groups excluding carboxylic acids is 1. The third kappa shape index (κ3) is 2.77. The van der Waals surface area contributed by atoms with Crippen molar-refractivity contribution in [2.24, 2.45) is 0 Å². The van der Waals surface area contributed by atoms with Crippen LogP contribution in [-0.2, 0) is 9.53 Å². The van der Waals surface area contributed by atoms with Crippen LogP contribution >= 0.6 is 0 Å². The number of aliphatic hydroxyl groups is 2. The summed E-state index contributed by atoms with van der Waals surface area (Å²) in [5.41, 5.74) is 0. The summed E-state index contributed by atoms with van der Waals surface area (Å²) in [5, 5.41) is 18.8. The molecule has 4 heteroatoms. The summed E-state index contributed by atoms with van der Waals surface area (Å²) in [6.07, 6.45) is 5.45. The van der Waals surface area contributed by atoms with Gasteiger partial charge in [-0.1, -0.05) is 32.6 Å². The monoisotopic (exact) mass is 216 g/mol. The SMILES string of the molecule is CCCCCCCC(=O)C1(O)OC1(C)O. The maximum Gasteiger partial charge on any atom is 0.284 e. The van der Waals surface area contributed by atoms with Gasteiger partial charge in [0, 0.05) is 6.42 Å². The van der Waals surface area contributed by atoms with Gasteiger partial charge < -0.3 is 14.9 Å². The number of Topliss-reactive ketones (excluding diaryl/α,β-unsaturated/α-hetero) is 1. The Hall–Kier alpha value is -0.450. The second-order valence-electron chi connectivity index (χ2n) is 4.32. The van der Waals surface area contributed by atoms with Gasteiger partial charge in [0.2, 0.25) is 5.79 Å². The van der Waals surface area contributed by atoms with E-state index in [0.717, 1.165) is 25.7 Å². The number of hydrogen-bond acceptors (Lipinski definition) is 4. The minimum Gasteiger partial charge on any atom is -0.361 e. The molecule has 0 saturated carbocycles. The number of ether oxygens (including phenoxy) is 1. The van der Waals surface area contributed by atoms with Crippen LogP contribution in [0.5, 0.6) is 0 Å². The lowest BCUT2D eigenvalue weighted by atomic mass is 10.0. The molecule has 1 rings (SSSR count). The van der Waals surface area contributed by atoms with Crippen molar-refractivity contribution < 1.29 is 19.7 Å². The molecular weight excluding hydrogens is 196 g/mol. The Morgan fingerprint density at radius 1 is 1.20 bits per heavy atom. The molecule has 2 unspecified atom stereocenters. The first kappa shape index (κ1) is 12.6. The summed E-state index contributed by atoms with van der Waals surface area (Å²) in [7, 11) is 0. The molecule has 0 amide bonds. The fourth-order valence-electron chi connectivity index (χ4n) is 1.64. The number of ketones is 1. The van der Waals surface area contributed by atoms with E-state index in [0.29, 0.717) is 0 Å². The Morgan fingerprint density at radius 2 is 1.73 bits per heavy atom. The van der Waals surface area contributed by atoms with Crippen LogP contribution in [0.4, 0.5) is 0 Å². The number of hydrogen-bond donors (Lipinski definition) is 2. The van der Waals surface area contributed by atoms with Gasteiger partial charge in [-0.15, -0.1) is 0 Å². The minimum absolute atomic E-state index is 0.274. The summed E-state index contributed by atoms with van der Waals surface area (Å²) in [4.78, 5) is 11.4. The van der Waals surface area contributed by atoms with Gasteiger partial charge in [0.15, 0.2) is 5.78 Å². The van der Waals surface area contributed by atoms with Crippen LogP contribution in [0.15, 0.2) is 0 Å². The average molecular weight is 216 g/mol. The van der Waals surface area contributed by atoms with Crippen molar-refractivity contribution in [3.8, 4) is 0 Å². The van der Waals surface area contributed by atoms with Crippen molar-refractivity contribution >= 4 is 5.78 Å². The number of unbranched alkanes of at least 4 members (excludes halogenated alkanes) is 4. The molecule has 0 aromatic carbocycles. The van der Waals surface area contributed by atoms with E-state index < -0.39 is 17.4 Å². The van der Waals surface area contributed by atoms with E-state index in [9.17, 15) is 15.0 Å². The molecule has 2 N–H and O–H groups in total. The van der Waals surface area contributed by atoms with Crippen molar-refractivity contribution in [2.45, 2.75) is 63.9 Å². The molecule has 15 heavy (non-hydrogen) atoms. The van der Waals surface area contributed by atoms with Crippen LogP contribution < -0.4 is 0 Å². The summed E-state index contributed by atoms with van der Waals surface area (Å²) in [6.45, 7) is 3.42. The van der Waals surface area contributed by atoms with E-state index in [-0.39, 0.29) is 6.42 Å². The zero-order valence-corrected chi connectivity index (χ0v) is 9.45. The largest absolute Gasteiger partial charge is 0.361 e. The van der Waals surface area contributed by atoms with Crippen molar-refractivity contribution in [3.05, 3.63) is 0 Å². The van der Waals surface area contributed by atoms with Crippen LogP contribution in [-0.4, -0.2) is 27.6 Å². The lowest BCUT2D eigenvalue weighted by Crippen LogP contribution is -2.32. The zero-order valence-electron chi connectivity index (χ0n) is 9.45. The van der Waals surface area contributed by atoms with Gasteiger partial charge in [0.05, 0.1) is 0 Å². The van der Waals surface area contributed by atoms with E-state index in [1.165, 1.54) is 13.3 Å². The maximum atomic E-state index is 11.4. The average Bonchev–Trinajstić information content (AvgIpc) is 2.67. The Morgan fingerprint density at radius 3 is 2.20 bits per heavy atom. The van der Waals surface area contributed by atoms with E-state index in [2.05, 4.69) is 11.7 Å². The first-order valence-corrected chi connectivity index (χ1v) is 5.62. The number of carbonyl (C=O) groups is 1. The lowest BCUT2D eigenvalue weighted by Gasteiger charge is -2.05. The number of rotatable bonds is 7. The highest BCUT2D eigenvalue weighted by molar-refractivity contribution is 5.89. The molecule has 0 aromatic rings. The van der Waals surface area contributed by atoms with E-state index in [4.69, 9.17) is 0 Å². The quantitative estimate of drug-likeness (QED) is 0.497.